The van der Waals surface area contributed by atoms with Gasteiger partial charge in [-0.1, -0.05) is 12.5 Å². The van der Waals surface area contributed by atoms with E-state index in [0.717, 1.165) is 24.8 Å². The van der Waals surface area contributed by atoms with Gasteiger partial charge in [-0.05, 0) is 64.2 Å². The number of nitrogens with one attached hydrogen (secondary N) is 2. The average molecular weight is 322 g/mol. The Labute approximate surface area is 137 Å². The molecule has 0 spiro atoms. The lowest BCUT2D eigenvalue weighted by molar-refractivity contribution is 0.0519. The summed E-state index contributed by atoms with van der Waals surface area (Å²) in [7, 11) is 0. The second-order valence-corrected chi connectivity index (χ2v) is 7.31. The monoisotopic (exact) mass is 322 g/mol. The molecule has 5 heteroatoms. The van der Waals surface area contributed by atoms with Crippen LogP contribution in [0.4, 0.5) is 14.9 Å². The number of anilines is 1. The summed E-state index contributed by atoms with van der Waals surface area (Å²) >= 11 is 0. The highest BCUT2D eigenvalue weighted by Crippen LogP contribution is 2.29. The van der Waals surface area contributed by atoms with E-state index in [-0.39, 0.29) is 17.8 Å². The Kier molecular flexibility index (Phi) is 5.50. The Balaban J connectivity index is 1.89. The second-order valence-electron chi connectivity index (χ2n) is 7.31. The summed E-state index contributed by atoms with van der Waals surface area (Å²) in [5.74, 6) is 0.0546. The number of aryl methyl sites for hydroxylation is 1. The van der Waals surface area contributed by atoms with Gasteiger partial charge in [0.1, 0.15) is 11.4 Å². The fraction of sp³-hybridized carbons (Fsp3) is 0.611. The molecule has 2 atom stereocenters. The van der Waals surface area contributed by atoms with Crippen molar-refractivity contribution in [2.75, 3.05) is 11.9 Å². The molecule has 0 bridgehead atoms. The first kappa shape index (κ1) is 17.6. The van der Waals surface area contributed by atoms with E-state index in [9.17, 15) is 9.18 Å². The number of carbonyl (C=O) groups is 1. The minimum absolute atomic E-state index is 0.169. The number of halogens is 1. The van der Waals surface area contributed by atoms with Gasteiger partial charge in [0, 0.05) is 12.6 Å². The number of carbonyl (C=O) groups excluding carboxylic acids is 1. The lowest BCUT2D eigenvalue weighted by Gasteiger charge is -2.24. The molecule has 0 saturated heterocycles. The number of hydrogen-bond donors (Lipinski definition) is 2. The van der Waals surface area contributed by atoms with Gasteiger partial charge >= 0.3 is 6.09 Å². The van der Waals surface area contributed by atoms with Crippen LogP contribution in [0.15, 0.2) is 18.2 Å². The van der Waals surface area contributed by atoms with Crippen molar-refractivity contribution in [3.05, 3.63) is 29.6 Å². The molecule has 23 heavy (non-hydrogen) atoms. The topological polar surface area (TPSA) is 50.4 Å². The van der Waals surface area contributed by atoms with Crippen molar-refractivity contribution in [3.8, 4) is 0 Å². The van der Waals surface area contributed by atoms with Gasteiger partial charge < -0.3 is 15.4 Å². The van der Waals surface area contributed by atoms with Crippen LogP contribution in [-0.4, -0.2) is 24.3 Å². The summed E-state index contributed by atoms with van der Waals surface area (Å²) in [6, 6.07) is 5.38. The standard InChI is InChI=1S/C18H27FN2O2/c1-12-8-9-16(14(19)10-12)21-15-7-5-6-13(15)11-20-17(22)23-18(2,3)4/h8-10,13,15,21H,5-7,11H2,1-4H3,(H,20,22). The summed E-state index contributed by atoms with van der Waals surface area (Å²) in [4.78, 5) is 11.8. The molecule has 4 nitrogen and oxygen atoms in total. The van der Waals surface area contributed by atoms with Crippen molar-refractivity contribution < 1.29 is 13.9 Å². The van der Waals surface area contributed by atoms with E-state index in [0.29, 0.717) is 12.2 Å². The largest absolute Gasteiger partial charge is 0.444 e. The van der Waals surface area contributed by atoms with E-state index in [1.54, 1.807) is 6.07 Å². The van der Waals surface area contributed by atoms with Crippen molar-refractivity contribution in [2.24, 2.45) is 5.92 Å². The Bertz CT molecular complexity index is 554. The van der Waals surface area contributed by atoms with E-state index in [4.69, 9.17) is 4.74 Å². The van der Waals surface area contributed by atoms with Crippen molar-refractivity contribution in [1.82, 2.24) is 5.32 Å². The number of alkyl carbamates (subject to hydrolysis) is 1. The second kappa shape index (κ2) is 7.20. The predicted octanol–water partition coefficient (Wildman–Crippen LogP) is 4.24. The van der Waals surface area contributed by atoms with Crippen molar-refractivity contribution in [2.45, 2.75) is 58.6 Å². The minimum atomic E-state index is -0.498. The molecule has 1 fully saturated rings. The average Bonchev–Trinajstić information content (AvgIpc) is 2.85. The maximum atomic E-state index is 14.0. The Morgan fingerprint density at radius 3 is 2.74 bits per heavy atom. The molecule has 0 heterocycles. The van der Waals surface area contributed by atoms with Crippen LogP contribution < -0.4 is 10.6 Å². The van der Waals surface area contributed by atoms with Crippen LogP contribution in [0, 0.1) is 18.7 Å². The summed E-state index contributed by atoms with van der Waals surface area (Å²) in [6.07, 6.45) is 2.67. The van der Waals surface area contributed by atoms with E-state index in [1.165, 1.54) is 6.07 Å². The Morgan fingerprint density at radius 1 is 1.35 bits per heavy atom. The molecule has 0 radical (unpaired) electrons. The zero-order valence-corrected chi connectivity index (χ0v) is 14.4. The lowest BCUT2D eigenvalue weighted by atomic mass is 10.0. The molecule has 1 aromatic rings. The molecule has 0 aromatic heterocycles. The zero-order valence-electron chi connectivity index (χ0n) is 14.4. The van der Waals surface area contributed by atoms with E-state index in [2.05, 4.69) is 10.6 Å². The molecular weight excluding hydrogens is 295 g/mol. The highest BCUT2D eigenvalue weighted by Gasteiger charge is 2.28. The molecular formula is C18H27FN2O2. The quantitative estimate of drug-likeness (QED) is 0.872. The smallest absolute Gasteiger partial charge is 0.407 e. The first-order chi connectivity index (χ1) is 10.7. The SMILES string of the molecule is Cc1ccc(NC2CCCC2CNC(=O)OC(C)(C)C)c(F)c1. The van der Waals surface area contributed by atoms with Crippen LogP contribution in [0.1, 0.15) is 45.6 Å². The van der Waals surface area contributed by atoms with Gasteiger partial charge in [0.2, 0.25) is 0 Å². The van der Waals surface area contributed by atoms with Gasteiger partial charge in [-0.15, -0.1) is 0 Å². The summed E-state index contributed by atoms with van der Waals surface area (Å²) in [5, 5.41) is 6.12. The van der Waals surface area contributed by atoms with Crippen molar-refractivity contribution in [3.63, 3.8) is 0 Å². The van der Waals surface area contributed by atoms with Gasteiger partial charge in [-0.3, -0.25) is 0 Å². The van der Waals surface area contributed by atoms with Crippen LogP contribution in [0.3, 0.4) is 0 Å². The molecule has 2 N–H and O–H groups in total. The number of benzene rings is 1. The Morgan fingerprint density at radius 2 is 2.09 bits per heavy atom. The highest BCUT2D eigenvalue weighted by molar-refractivity contribution is 5.67. The first-order valence-electron chi connectivity index (χ1n) is 8.24. The van der Waals surface area contributed by atoms with Crippen LogP contribution in [0.2, 0.25) is 0 Å². The third kappa shape index (κ3) is 5.41. The molecule has 1 aliphatic carbocycles. The molecule has 2 rings (SSSR count). The van der Waals surface area contributed by atoms with Crippen molar-refractivity contribution in [1.29, 1.82) is 0 Å². The van der Waals surface area contributed by atoms with Crippen LogP contribution in [0.25, 0.3) is 0 Å². The van der Waals surface area contributed by atoms with E-state index in [1.807, 2.05) is 33.8 Å². The van der Waals surface area contributed by atoms with Gasteiger partial charge in [0.25, 0.3) is 0 Å². The van der Waals surface area contributed by atoms with Gasteiger partial charge in [0.05, 0.1) is 5.69 Å². The highest BCUT2D eigenvalue weighted by atomic mass is 19.1. The third-order valence-electron chi connectivity index (χ3n) is 4.03. The molecule has 0 aliphatic heterocycles. The lowest BCUT2D eigenvalue weighted by Crippen LogP contribution is -2.38. The molecule has 2 unspecified atom stereocenters. The fourth-order valence-corrected chi connectivity index (χ4v) is 2.94. The number of rotatable bonds is 4. The summed E-state index contributed by atoms with van der Waals surface area (Å²) in [5.41, 5.74) is 0.940. The minimum Gasteiger partial charge on any atom is -0.444 e. The molecule has 1 aliphatic rings. The van der Waals surface area contributed by atoms with E-state index >= 15 is 0 Å². The normalized spacial score (nSPS) is 21.1. The summed E-state index contributed by atoms with van der Waals surface area (Å²) in [6.45, 7) is 7.93. The zero-order chi connectivity index (χ0) is 17.0. The number of hydrogen-bond acceptors (Lipinski definition) is 3. The third-order valence-corrected chi connectivity index (χ3v) is 4.03. The molecule has 128 valence electrons. The van der Waals surface area contributed by atoms with Gasteiger partial charge in [-0.25, -0.2) is 9.18 Å². The predicted molar refractivity (Wildman–Crippen MR) is 90.1 cm³/mol. The van der Waals surface area contributed by atoms with Gasteiger partial charge in [-0.2, -0.15) is 0 Å². The van der Waals surface area contributed by atoms with Crippen LogP contribution in [-0.2, 0) is 4.74 Å². The number of ether oxygens (including phenoxy) is 1. The van der Waals surface area contributed by atoms with Crippen LogP contribution >= 0.6 is 0 Å². The van der Waals surface area contributed by atoms with E-state index < -0.39 is 11.7 Å². The maximum Gasteiger partial charge on any atom is 0.407 e. The number of amides is 1. The maximum absolute atomic E-state index is 14.0. The van der Waals surface area contributed by atoms with Gasteiger partial charge in [0.15, 0.2) is 0 Å². The molecule has 1 saturated carbocycles. The van der Waals surface area contributed by atoms with Crippen molar-refractivity contribution >= 4 is 11.8 Å². The molecule has 1 amide bonds. The van der Waals surface area contributed by atoms with Crippen LogP contribution in [0.5, 0.6) is 0 Å². The first-order valence-corrected chi connectivity index (χ1v) is 8.24. The fourth-order valence-electron chi connectivity index (χ4n) is 2.94. The Hall–Kier alpha value is -1.78. The molecule has 1 aromatic carbocycles. The summed E-state index contributed by atoms with van der Waals surface area (Å²) < 4.78 is 19.2.